The molecule has 0 spiro atoms. The van der Waals surface area contributed by atoms with E-state index in [1.54, 1.807) is 0 Å². The average molecular weight is 171 g/mol. The third-order valence-electron chi connectivity index (χ3n) is 3.06. The molecule has 2 heteroatoms. The van der Waals surface area contributed by atoms with Crippen molar-refractivity contribution < 1.29 is 5.11 Å². The van der Waals surface area contributed by atoms with Crippen molar-refractivity contribution in [2.75, 3.05) is 13.1 Å². The van der Waals surface area contributed by atoms with E-state index >= 15 is 0 Å². The van der Waals surface area contributed by atoms with Crippen LogP contribution in [0.3, 0.4) is 0 Å². The summed E-state index contributed by atoms with van der Waals surface area (Å²) in [5.74, 6) is 0. The Morgan fingerprint density at radius 1 is 1.42 bits per heavy atom. The van der Waals surface area contributed by atoms with E-state index in [0.717, 1.165) is 19.5 Å². The van der Waals surface area contributed by atoms with Gasteiger partial charge in [0.05, 0.1) is 6.10 Å². The molecule has 0 bridgehead atoms. The first kappa shape index (κ1) is 10.0. The van der Waals surface area contributed by atoms with Crippen LogP contribution in [0.1, 0.15) is 39.5 Å². The highest BCUT2D eigenvalue weighted by Gasteiger charge is 2.39. The lowest BCUT2D eigenvalue weighted by Crippen LogP contribution is -2.31. The van der Waals surface area contributed by atoms with Crippen LogP contribution in [0.4, 0.5) is 0 Å². The highest BCUT2D eigenvalue weighted by molar-refractivity contribution is 4.93. The van der Waals surface area contributed by atoms with Crippen LogP contribution < -0.4 is 5.32 Å². The summed E-state index contributed by atoms with van der Waals surface area (Å²) in [5, 5.41) is 12.6. The second kappa shape index (κ2) is 4.24. The van der Waals surface area contributed by atoms with Gasteiger partial charge in [0, 0.05) is 13.1 Å². The van der Waals surface area contributed by atoms with Gasteiger partial charge in [0.2, 0.25) is 0 Å². The second-order valence-electron chi connectivity index (χ2n) is 4.05. The lowest BCUT2D eigenvalue weighted by Gasteiger charge is -2.15. The summed E-state index contributed by atoms with van der Waals surface area (Å²) < 4.78 is 0. The van der Waals surface area contributed by atoms with Crippen molar-refractivity contribution in [3.63, 3.8) is 0 Å². The Balaban J connectivity index is 2.02. The molecular formula is C10H21NO. The fourth-order valence-electron chi connectivity index (χ4n) is 1.48. The van der Waals surface area contributed by atoms with Gasteiger partial charge in [-0.1, -0.05) is 13.8 Å². The molecule has 12 heavy (non-hydrogen) atoms. The first-order valence-corrected chi connectivity index (χ1v) is 5.11. The Kier molecular flexibility index (Phi) is 3.53. The van der Waals surface area contributed by atoms with Crippen LogP contribution >= 0.6 is 0 Å². The molecule has 1 aliphatic rings. The number of hydrogen-bond donors (Lipinski definition) is 2. The summed E-state index contributed by atoms with van der Waals surface area (Å²) in [6.45, 7) is 6.13. The quantitative estimate of drug-likeness (QED) is 0.635. The highest BCUT2D eigenvalue weighted by atomic mass is 16.3. The maximum absolute atomic E-state index is 9.29. The number of nitrogens with one attached hydrogen (secondary N) is 1. The summed E-state index contributed by atoms with van der Waals surface area (Å²) in [6, 6.07) is 0. The molecule has 0 heterocycles. The van der Waals surface area contributed by atoms with E-state index in [2.05, 4.69) is 12.2 Å². The smallest absolute Gasteiger partial charge is 0.0662 e. The molecule has 0 aromatic rings. The van der Waals surface area contributed by atoms with Crippen LogP contribution in [0.25, 0.3) is 0 Å². The van der Waals surface area contributed by atoms with Crippen molar-refractivity contribution in [1.82, 2.24) is 5.32 Å². The Labute approximate surface area is 75.4 Å². The molecule has 1 rings (SSSR count). The zero-order valence-electron chi connectivity index (χ0n) is 8.27. The van der Waals surface area contributed by atoms with Gasteiger partial charge in [-0.25, -0.2) is 0 Å². The van der Waals surface area contributed by atoms with Gasteiger partial charge in [-0.3, -0.25) is 0 Å². The molecule has 72 valence electrons. The van der Waals surface area contributed by atoms with Crippen molar-refractivity contribution >= 4 is 0 Å². The molecule has 0 radical (unpaired) electrons. The number of hydrogen-bond acceptors (Lipinski definition) is 2. The number of aliphatic hydroxyl groups excluding tert-OH is 1. The summed E-state index contributed by atoms with van der Waals surface area (Å²) in [5.41, 5.74) is 0.605. The standard InChI is InChI=1S/C10H21NO/c1-3-9(12)7-11-8-10(4-2)5-6-10/h9,11-12H,3-8H2,1-2H3. The molecule has 1 atom stereocenters. The Hall–Kier alpha value is -0.0800. The molecule has 1 unspecified atom stereocenters. The van der Waals surface area contributed by atoms with Gasteiger partial charge in [-0.2, -0.15) is 0 Å². The number of aliphatic hydroxyl groups is 1. The van der Waals surface area contributed by atoms with Gasteiger partial charge in [0.25, 0.3) is 0 Å². The van der Waals surface area contributed by atoms with Crippen molar-refractivity contribution in [3.05, 3.63) is 0 Å². The molecule has 1 aliphatic carbocycles. The van der Waals surface area contributed by atoms with Crippen LogP contribution in [0, 0.1) is 5.41 Å². The highest BCUT2D eigenvalue weighted by Crippen LogP contribution is 2.47. The van der Waals surface area contributed by atoms with Crippen molar-refractivity contribution in [2.45, 2.75) is 45.6 Å². The van der Waals surface area contributed by atoms with Crippen LogP contribution in [-0.2, 0) is 0 Å². The van der Waals surface area contributed by atoms with E-state index in [9.17, 15) is 5.11 Å². The third-order valence-corrected chi connectivity index (χ3v) is 3.06. The van der Waals surface area contributed by atoms with Gasteiger partial charge < -0.3 is 10.4 Å². The van der Waals surface area contributed by atoms with Gasteiger partial charge in [-0.05, 0) is 31.1 Å². The topological polar surface area (TPSA) is 32.3 Å². The van der Waals surface area contributed by atoms with Crippen molar-refractivity contribution in [2.24, 2.45) is 5.41 Å². The van der Waals surface area contributed by atoms with E-state index < -0.39 is 0 Å². The minimum atomic E-state index is -0.155. The lowest BCUT2D eigenvalue weighted by atomic mass is 10.0. The van der Waals surface area contributed by atoms with Gasteiger partial charge in [0.1, 0.15) is 0 Å². The van der Waals surface area contributed by atoms with Crippen LogP contribution in [0.2, 0.25) is 0 Å². The van der Waals surface area contributed by atoms with Crippen molar-refractivity contribution in [3.8, 4) is 0 Å². The minimum Gasteiger partial charge on any atom is -0.392 e. The number of rotatable bonds is 6. The summed E-state index contributed by atoms with van der Waals surface area (Å²) in [7, 11) is 0. The molecule has 1 saturated carbocycles. The Morgan fingerprint density at radius 3 is 2.50 bits per heavy atom. The molecule has 2 N–H and O–H groups in total. The first-order chi connectivity index (χ1) is 5.72. The fraction of sp³-hybridized carbons (Fsp3) is 1.00. The zero-order chi connectivity index (χ0) is 9.03. The van der Waals surface area contributed by atoms with Crippen molar-refractivity contribution in [1.29, 1.82) is 0 Å². The van der Waals surface area contributed by atoms with Gasteiger partial charge >= 0.3 is 0 Å². The van der Waals surface area contributed by atoms with E-state index in [0.29, 0.717) is 5.41 Å². The maximum Gasteiger partial charge on any atom is 0.0662 e. The molecule has 0 saturated heterocycles. The molecule has 0 amide bonds. The summed E-state index contributed by atoms with van der Waals surface area (Å²) in [4.78, 5) is 0. The third kappa shape index (κ3) is 2.76. The molecule has 0 aromatic heterocycles. The van der Waals surface area contributed by atoms with E-state index in [1.807, 2.05) is 6.92 Å². The van der Waals surface area contributed by atoms with Gasteiger partial charge in [0.15, 0.2) is 0 Å². The first-order valence-electron chi connectivity index (χ1n) is 5.11. The van der Waals surface area contributed by atoms with Gasteiger partial charge in [-0.15, -0.1) is 0 Å². The van der Waals surface area contributed by atoms with Crippen LogP contribution in [-0.4, -0.2) is 24.3 Å². The minimum absolute atomic E-state index is 0.155. The lowest BCUT2D eigenvalue weighted by molar-refractivity contribution is 0.164. The summed E-state index contributed by atoms with van der Waals surface area (Å²) in [6.07, 6.45) is 4.73. The van der Waals surface area contributed by atoms with E-state index in [-0.39, 0.29) is 6.10 Å². The monoisotopic (exact) mass is 171 g/mol. The predicted molar refractivity (Wildman–Crippen MR) is 51.1 cm³/mol. The molecular weight excluding hydrogens is 150 g/mol. The normalized spacial score (nSPS) is 22.2. The zero-order valence-corrected chi connectivity index (χ0v) is 8.27. The molecule has 2 nitrogen and oxygen atoms in total. The molecule has 0 aliphatic heterocycles. The average Bonchev–Trinajstić information content (AvgIpc) is 2.85. The Morgan fingerprint density at radius 2 is 2.08 bits per heavy atom. The SMILES string of the molecule is CCC(O)CNCC1(CC)CC1. The molecule has 1 fully saturated rings. The second-order valence-corrected chi connectivity index (χ2v) is 4.05. The molecule has 0 aromatic carbocycles. The largest absolute Gasteiger partial charge is 0.392 e. The van der Waals surface area contributed by atoms with E-state index in [4.69, 9.17) is 0 Å². The van der Waals surface area contributed by atoms with E-state index in [1.165, 1.54) is 19.3 Å². The van der Waals surface area contributed by atoms with Crippen LogP contribution in [0.15, 0.2) is 0 Å². The summed E-state index contributed by atoms with van der Waals surface area (Å²) >= 11 is 0. The Bertz CT molecular complexity index is 132. The fourth-order valence-corrected chi connectivity index (χ4v) is 1.48. The maximum atomic E-state index is 9.29. The van der Waals surface area contributed by atoms with Crippen LogP contribution in [0.5, 0.6) is 0 Å². The predicted octanol–water partition coefficient (Wildman–Crippen LogP) is 1.54.